The van der Waals surface area contributed by atoms with Crippen molar-refractivity contribution in [3.05, 3.63) is 18.0 Å². The second-order valence-electron chi connectivity index (χ2n) is 4.48. The van der Waals surface area contributed by atoms with Gasteiger partial charge in [0.2, 0.25) is 5.95 Å². The van der Waals surface area contributed by atoms with Gasteiger partial charge in [0.15, 0.2) is 0 Å². The van der Waals surface area contributed by atoms with Gasteiger partial charge in [-0.1, -0.05) is 13.8 Å². The summed E-state index contributed by atoms with van der Waals surface area (Å²) in [7, 11) is 1.63. The molecule has 0 radical (unpaired) electrons. The van der Waals surface area contributed by atoms with Gasteiger partial charge in [0.25, 0.3) is 5.91 Å². The Morgan fingerprint density at radius 3 is 2.65 bits per heavy atom. The molecule has 1 aromatic heterocycles. The van der Waals surface area contributed by atoms with Crippen molar-refractivity contribution in [3.63, 3.8) is 0 Å². The highest BCUT2D eigenvalue weighted by atomic mass is 16.5. The second-order valence-corrected chi connectivity index (χ2v) is 4.48. The van der Waals surface area contributed by atoms with E-state index in [0.717, 1.165) is 25.9 Å². The molecular formula is C14H24N4O2. The van der Waals surface area contributed by atoms with E-state index in [1.54, 1.807) is 19.4 Å². The van der Waals surface area contributed by atoms with Crippen LogP contribution in [0.15, 0.2) is 12.3 Å². The summed E-state index contributed by atoms with van der Waals surface area (Å²) in [6, 6.07) is 1.65. The lowest BCUT2D eigenvalue weighted by molar-refractivity contribution is 0.0749. The molecule has 1 rings (SSSR count). The number of ether oxygens (including phenoxy) is 1. The normalized spacial score (nSPS) is 10.3. The average Bonchev–Trinajstić information content (AvgIpc) is 2.47. The van der Waals surface area contributed by atoms with Crippen molar-refractivity contribution in [2.24, 2.45) is 0 Å². The number of amides is 1. The van der Waals surface area contributed by atoms with Gasteiger partial charge in [0, 0.05) is 32.9 Å². The van der Waals surface area contributed by atoms with E-state index in [4.69, 9.17) is 4.74 Å². The molecule has 20 heavy (non-hydrogen) atoms. The molecule has 0 aromatic carbocycles. The fourth-order valence-corrected chi connectivity index (χ4v) is 1.84. The Labute approximate surface area is 120 Å². The van der Waals surface area contributed by atoms with Crippen LogP contribution in [-0.4, -0.2) is 54.1 Å². The fraction of sp³-hybridized carbons (Fsp3) is 0.643. The van der Waals surface area contributed by atoms with Crippen molar-refractivity contribution in [2.45, 2.75) is 26.7 Å². The van der Waals surface area contributed by atoms with Crippen molar-refractivity contribution in [1.82, 2.24) is 14.9 Å². The van der Waals surface area contributed by atoms with Crippen molar-refractivity contribution >= 4 is 11.9 Å². The van der Waals surface area contributed by atoms with Crippen LogP contribution >= 0.6 is 0 Å². The first-order valence-corrected chi connectivity index (χ1v) is 7.08. The number of rotatable bonds is 9. The van der Waals surface area contributed by atoms with Gasteiger partial charge in [-0.05, 0) is 18.9 Å². The number of methoxy groups -OCH3 is 1. The molecule has 1 N–H and O–H groups in total. The molecule has 0 saturated carbocycles. The predicted molar refractivity (Wildman–Crippen MR) is 78.9 cm³/mol. The Kier molecular flexibility index (Phi) is 7.57. The number of nitrogens with zero attached hydrogens (tertiary/aromatic N) is 3. The smallest absolute Gasteiger partial charge is 0.272 e. The minimum absolute atomic E-state index is 0.0362. The minimum Gasteiger partial charge on any atom is -0.383 e. The highest BCUT2D eigenvalue weighted by Gasteiger charge is 2.16. The Morgan fingerprint density at radius 2 is 2.05 bits per heavy atom. The Morgan fingerprint density at radius 1 is 1.35 bits per heavy atom. The highest BCUT2D eigenvalue weighted by Crippen LogP contribution is 2.06. The third kappa shape index (κ3) is 5.13. The molecule has 1 amide bonds. The molecule has 0 bridgehead atoms. The summed E-state index contributed by atoms with van der Waals surface area (Å²) < 4.78 is 4.95. The average molecular weight is 280 g/mol. The first-order valence-electron chi connectivity index (χ1n) is 7.08. The van der Waals surface area contributed by atoms with Gasteiger partial charge in [0.1, 0.15) is 5.69 Å². The topological polar surface area (TPSA) is 67.4 Å². The van der Waals surface area contributed by atoms with Crippen LogP contribution in [0.25, 0.3) is 0 Å². The first kappa shape index (κ1) is 16.4. The molecule has 0 fully saturated rings. The molecule has 0 atom stereocenters. The van der Waals surface area contributed by atoms with E-state index in [9.17, 15) is 4.79 Å². The molecule has 6 nitrogen and oxygen atoms in total. The van der Waals surface area contributed by atoms with E-state index in [0.29, 0.717) is 24.8 Å². The second kappa shape index (κ2) is 9.25. The number of carbonyl (C=O) groups is 1. The molecule has 0 saturated heterocycles. The highest BCUT2D eigenvalue weighted by molar-refractivity contribution is 5.92. The monoisotopic (exact) mass is 280 g/mol. The zero-order valence-corrected chi connectivity index (χ0v) is 12.6. The van der Waals surface area contributed by atoms with Crippen molar-refractivity contribution < 1.29 is 9.53 Å². The zero-order chi connectivity index (χ0) is 14.8. The predicted octanol–water partition coefficient (Wildman–Crippen LogP) is 1.80. The van der Waals surface area contributed by atoms with Crippen LogP contribution in [0.4, 0.5) is 5.95 Å². The molecular weight excluding hydrogens is 256 g/mol. The maximum Gasteiger partial charge on any atom is 0.272 e. The number of anilines is 1. The SMILES string of the molecule is CCCN(CCC)C(=O)c1ccnc(NCCOC)n1. The maximum atomic E-state index is 12.4. The van der Waals surface area contributed by atoms with E-state index in [1.165, 1.54) is 0 Å². The van der Waals surface area contributed by atoms with Crippen LogP contribution in [0.2, 0.25) is 0 Å². The Hall–Kier alpha value is -1.69. The van der Waals surface area contributed by atoms with Crippen LogP contribution in [0.5, 0.6) is 0 Å². The van der Waals surface area contributed by atoms with Crippen molar-refractivity contribution in [3.8, 4) is 0 Å². The third-order valence-corrected chi connectivity index (χ3v) is 2.74. The van der Waals surface area contributed by atoms with E-state index in [-0.39, 0.29) is 5.91 Å². The standard InChI is InChI=1S/C14H24N4O2/c1-4-9-18(10-5-2)13(19)12-6-7-15-14(17-12)16-8-11-20-3/h6-7H,4-5,8-11H2,1-3H3,(H,15,16,17). The molecule has 0 unspecified atom stereocenters. The summed E-state index contributed by atoms with van der Waals surface area (Å²) in [5, 5.41) is 3.03. The van der Waals surface area contributed by atoms with Gasteiger partial charge in [-0.2, -0.15) is 0 Å². The summed E-state index contributed by atoms with van der Waals surface area (Å²) in [6.07, 6.45) is 3.48. The van der Waals surface area contributed by atoms with E-state index >= 15 is 0 Å². The fourth-order valence-electron chi connectivity index (χ4n) is 1.84. The third-order valence-electron chi connectivity index (χ3n) is 2.74. The van der Waals surface area contributed by atoms with Gasteiger partial charge in [-0.25, -0.2) is 9.97 Å². The molecule has 6 heteroatoms. The molecule has 0 spiro atoms. The largest absolute Gasteiger partial charge is 0.383 e. The van der Waals surface area contributed by atoms with E-state index < -0.39 is 0 Å². The molecule has 112 valence electrons. The summed E-state index contributed by atoms with van der Waals surface area (Å²) >= 11 is 0. The summed E-state index contributed by atoms with van der Waals surface area (Å²) in [6.45, 7) is 6.81. The number of aromatic nitrogens is 2. The molecule has 1 heterocycles. The summed E-state index contributed by atoms with van der Waals surface area (Å²) in [5.41, 5.74) is 0.432. The zero-order valence-electron chi connectivity index (χ0n) is 12.6. The number of hydrogen-bond donors (Lipinski definition) is 1. The number of hydrogen-bond acceptors (Lipinski definition) is 5. The molecule has 0 aliphatic heterocycles. The Bertz CT molecular complexity index is 406. The van der Waals surface area contributed by atoms with Crippen LogP contribution in [0, 0.1) is 0 Å². The van der Waals surface area contributed by atoms with Gasteiger partial charge < -0.3 is 15.0 Å². The lowest BCUT2D eigenvalue weighted by Crippen LogP contribution is -2.33. The molecule has 1 aromatic rings. The Balaban J connectivity index is 2.73. The van der Waals surface area contributed by atoms with Crippen LogP contribution in [-0.2, 0) is 4.74 Å². The van der Waals surface area contributed by atoms with Gasteiger partial charge >= 0.3 is 0 Å². The van der Waals surface area contributed by atoms with E-state index in [1.807, 2.05) is 4.90 Å². The molecule has 0 aliphatic carbocycles. The van der Waals surface area contributed by atoms with Crippen LogP contribution < -0.4 is 5.32 Å². The first-order chi connectivity index (χ1) is 9.72. The van der Waals surface area contributed by atoms with Gasteiger partial charge in [0.05, 0.1) is 6.61 Å². The quantitative estimate of drug-likeness (QED) is 0.699. The van der Waals surface area contributed by atoms with Gasteiger partial charge in [-0.3, -0.25) is 4.79 Å². The number of carbonyl (C=O) groups excluding carboxylic acids is 1. The summed E-state index contributed by atoms with van der Waals surface area (Å²) in [5.74, 6) is 0.423. The number of nitrogens with one attached hydrogen (secondary N) is 1. The van der Waals surface area contributed by atoms with E-state index in [2.05, 4.69) is 29.1 Å². The van der Waals surface area contributed by atoms with Gasteiger partial charge in [-0.15, -0.1) is 0 Å². The van der Waals surface area contributed by atoms with Crippen LogP contribution in [0.3, 0.4) is 0 Å². The maximum absolute atomic E-state index is 12.4. The minimum atomic E-state index is -0.0362. The van der Waals surface area contributed by atoms with Crippen LogP contribution in [0.1, 0.15) is 37.2 Å². The lowest BCUT2D eigenvalue weighted by atomic mass is 10.3. The van der Waals surface area contributed by atoms with Crippen molar-refractivity contribution in [1.29, 1.82) is 0 Å². The van der Waals surface area contributed by atoms with Crippen molar-refractivity contribution in [2.75, 3.05) is 38.7 Å². The molecule has 0 aliphatic rings. The lowest BCUT2D eigenvalue weighted by Gasteiger charge is -2.21. The summed E-state index contributed by atoms with van der Waals surface area (Å²) in [4.78, 5) is 22.6.